The van der Waals surface area contributed by atoms with Gasteiger partial charge in [0.1, 0.15) is 23.2 Å². The second-order valence-electron chi connectivity index (χ2n) is 5.75. The quantitative estimate of drug-likeness (QED) is 0.576. The van der Waals surface area contributed by atoms with Crippen molar-refractivity contribution in [1.29, 1.82) is 5.26 Å². The molecule has 0 atom stereocenters. The Morgan fingerprint density at radius 1 is 1.33 bits per heavy atom. The molecule has 1 N–H and O–H groups in total. The van der Waals surface area contributed by atoms with Gasteiger partial charge in [0, 0.05) is 30.9 Å². The highest BCUT2D eigenvalue weighted by atomic mass is 79.9. The van der Waals surface area contributed by atoms with Gasteiger partial charge in [-0.3, -0.25) is 4.79 Å². The summed E-state index contributed by atoms with van der Waals surface area (Å²) in [7, 11) is 1.57. The van der Waals surface area contributed by atoms with Crippen molar-refractivity contribution < 1.29 is 18.7 Å². The zero-order valence-electron chi connectivity index (χ0n) is 14.7. The van der Waals surface area contributed by atoms with E-state index in [2.05, 4.69) is 21.2 Å². The average molecular weight is 432 g/mol. The fourth-order valence-corrected chi connectivity index (χ4v) is 3.15. The van der Waals surface area contributed by atoms with E-state index in [1.807, 2.05) is 11.0 Å². The smallest absolute Gasteiger partial charge is 0.266 e. The average Bonchev–Trinajstić information content (AvgIpc) is 3.07. The van der Waals surface area contributed by atoms with E-state index in [0.717, 1.165) is 17.6 Å². The van der Waals surface area contributed by atoms with Gasteiger partial charge >= 0.3 is 0 Å². The maximum atomic E-state index is 12.4. The molecule has 1 saturated heterocycles. The number of carbonyl (C=O) groups excluding carboxylic acids is 1. The molecule has 0 aliphatic carbocycles. The molecule has 1 fully saturated rings. The SMILES string of the molecule is COc1ccc(NC(=O)/C(C#N)=C\c2cc(Br)c(N3CCOCC3)o2)cc1. The summed E-state index contributed by atoms with van der Waals surface area (Å²) in [5.41, 5.74) is 0.511. The molecular formula is C19H18BrN3O4. The van der Waals surface area contributed by atoms with Crippen LogP contribution in [0.5, 0.6) is 5.75 Å². The van der Waals surface area contributed by atoms with Gasteiger partial charge in [-0.2, -0.15) is 5.26 Å². The van der Waals surface area contributed by atoms with E-state index in [1.165, 1.54) is 6.08 Å². The highest BCUT2D eigenvalue weighted by Crippen LogP contribution is 2.32. The number of nitriles is 1. The Bertz CT molecular complexity index is 877. The van der Waals surface area contributed by atoms with Crippen molar-refractivity contribution >= 4 is 39.5 Å². The van der Waals surface area contributed by atoms with Gasteiger partial charge in [-0.15, -0.1) is 0 Å². The van der Waals surface area contributed by atoms with Crippen molar-refractivity contribution in [1.82, 2.24) is 0 Å². The first kappa shape index (κ1) is 19.0. The van der Waals surface area contributed by atoms with E-state index >= 15 is 0 Å². The Kier molecular flexibility index (Phi) is 6.16. The minimum absolute atomic E-state index is 0.0550. The van der Waals surface area contributed by atoms with Gasteiger partial charge in [-0.1, -0.05) is 0 Å². The summed E-state index contributed by atoms with van der Waals surface area (Å²) < 4.78 is 17.0. The summed E-state index contributed by atoms with van der Waals surface area (Å²) in [5.74, 6) is 1.26. The first-order valence-corrected chi connectivity index (χ1v) is 9.09. The fourth-order valence-electron chi connectivity index (χ4n) is 2.59. The van der Waals surface area contributed by atoms with Crippen LogP contribution in [-0.2, 0) is 9.53 Å². The van der Waals surface area contributed by atoms with Gasteiger partial charge in [0.05, 0.1) is 24.8 Å². The predicted molar refractivity (Wildman–Crippen MR) is 105 cm³/mol. The molecular weight excluding hydrogens is 414 g/mol. The molecule has 2 heterocycles. The molecule has 1 aliphatic heterocycles. The Hall–Kier alpha value is -2.76. The molecule has 1 amide bonds. The zero-order chi connectivity index (χ0) is 19.2. The summed E-state index contributed by atoms with van der Waals surface area (Å²) in [6, 6.07) is 10.5. The van der Waals surface area contributed by atoms with E-state index in [1.54, 1.807) is 37.4 Å². The molecule has 3 rings (SSSR count). The second kappa shape index (κ2) is 8.75. The summed E-state index contributed by atoms with van der Waals surface area (Å²) in [6.45, 7) is 2.70. The summed E-state index contributed by atoms with van der Waals surface area (Å²) in [4.78, 5) is 14.4. The highest BCUT2D eigenvalue weighted by Gasteiger charge is 2.19. The number of rotatable bonds is 5. The van der Waals surface area contributed by atoms with Crippen LogP contribution in [0.4, 0.5) is 11.6 Å². The van der Waals surface area contributed by atoms with E-state index in [4.69, 9.17) is 13.9 Å². The molecule has 0 spiro atoms. The molecule has 2 aromatic rings. The van der Waals surface area contributed by atoms with Crippen LogP contribution in [0.25, 0.3) is 6.08 Å². The van der Waals surface area contributed by atoms with Gasteiger partial charge in [-0.05, 0) is 40.2 Å². The molecule has 0 saturated carbocycles. The number of ether oxygens (including phenoxy) is 2. The van der Waals surface area contributed by atoms with Gasteiger partial charge in [0.25, 0.3) is 5.91 Å². The number of nitrogens with one attached hydrogen (secondary N) is 1. The van der Waals surface area contributed by atoms with E-state index in [0.29, 0.717) is 36.3 Å². The lowest BCUT2D eigenvalue weighted by atomic mass is 10.2. The van der Waals surface area contributed by atoms with Crippen LogP contribution >= 0.6 is 15.9 Å². The van der Waals surface area contributed by atoms with Crippen LogP contribution in [0.3, 0.4) is 0 Å². The van der Waals surface area contributed by atoms with Crippen molar-refractivity contribution in [2.24, 2.45) is 0 Å². The Morgan fingerprint density at radius 2 is 2.04 bits per heavy atom. The third-order valence-corrected chi connectivity index (χ3v) is 4.55. The molecule has 7 nitrogen and oxygen atoms in total. The third-order valence-electron chi connectivity index (χ3n) is 3.99. The van der Waals surface area contributed by atoms with Gasteiger partial charge in [0.15, 0.2) is 0 Å². The Labute approximate surface area is 165 Å². The number of anilines is 2. The van der Waals surface area contributed by atoms with Crippen molar-refractivity contribution in [3.8, 4) is 11.8 Å². The number of benzene rings is 1. The molecule has 0 unspecified atom stereocenters. The Balaban J connectivity index is 1.75. The number of hydrogen-bond acceptors (Lipinski definition) is 6. The lowest BCUT2D eigenvalue weighted by molar-refractivity contribution is -0.112. The fraction of sp³-hybridized carbons (Fsp3) is 0.263. The largest absolute Gasteiger partial charge is 0.497 e. The van der Waals surface area contributed by atoms with E-state index in [-0.39, 0.29) is 5.57 Å². The number of nitrogens with zero attached hydrogens (tertiary/aromatic N) is 2. The van der Waals surface area contributed by atoms with Gasteiger partial charge in [-0.25, -0.2) is 0 Å². The summed E-state index contributed by atoms with van der Waals surface area (Å²) in [6.07, 6.45) is 1.42. The van der Waals surface area contributed by atoms with Crippen molar-refractivity contribution in [2.75, 3.05) is 43.6 Å². The normalized spacial score (nSPS) is 14.6. The first-order chi connectivity index (χ1) is 13.1. The number of morpholine rings is 1. The highest BCUT2D eigenvalue weighted by molar-refractivity contribution is 9.10. The monoisotopic (exact) mass is 431 g/mol. The van der Waals surface area contributed by atoms with Crippen LogP contribution < -0.4 is 15.0 Å². The third kappa shape index (κ3) is 4.70. The van der Waals surface area contributed by atoms with Crippen LogP contribution in [0, 0.1) is 11.3 Å². The number of carbonyl (C=O) groups is 1. The minimum Gasteiger partial charge on any atom is -0.497 e. The molecule has 0 radical (unpaired) electrons. The van der Waals surface area contributed by atoms with Gasteiger partial charge in [0.2, 0.25) is 5.88 Å². The van der Waals surface area contributed by atoms with Gasteiger partial charge < -0.3 is 24.1 Å². The molecule has 0 bridgehead atoms. The van der Waals surface area contributed by atoms with E-state index in [9.17, 15) is 10.1 Å². The number of halogens is 1. The van der Waals surface area contributed by atoms with Crippen molar-refractivity contribution in [2.45, 2.75) is 0 Å². The summed E-state index contributed by atoms with van der Waals surface area (Å²) >= 11 is 3.47. The van der Waals surface area contributed by atoms with Crippen LogP contribution in [0.15, 0.2) is 44.8 Å². The number of furan rings is 1. The van der Waals surface area contributed by atoms with Crippen molar-refractivity contribution in [3.05, 3.63) is 46.1 Å². The lowest BCUT2D eigenvalue weighted by Gasteiger charge is -2.26. The molecule has 1 aliphatic rings. The Morgan fingerprint density at radius 3 is 2.67 bits per heavy atom. The van der Waals surface area contributed by atoms with Crippen LogP contribution in [0.1, 0.15) is 5.76 Å². The van der Waals surface area contributed by atoms with Crippen LogP contribution in [0.2, 0.25) is 0 Å². The van der Waals surface area contributed by atoms with E-state index < -0.39 is 5.91 Å². The minimum atomic E-state index is -0.511. The van der Waals surface area contributed by atoms with Crippen LogP contribution in [-0.4, -0.2) is 39.3 Å². The first-order valence-electron chi connectivity index (χ1n) is 8.30. The molecule has 140 valence electrons. The lowest BCUT2D eigenvalue weighted by Crippen LogP contribution is -2.36. The molecule has 1 aromatic carbocycles. The van der Waals surface area contributed by atoms with Crippen molar-refractivity contribution in [3.63, 3.8) is 0 Å². The molecule has 1 aromatic heterocycles. The summed E-state index contributed by atoms with van der Waals surface area (Å²) in [5, 5.41) is 12.0. The zero-order valence-corrected chi connectivity index (χ0v) is 16.3. The number of methoxy groups -OCH3 is 1. The second-order valence-corrected chi connectivity index (χ2v) is 6.61. The maximum Gasteiger partial charge on any atom is 0.266 e. The molecule has 8 heteroatoms. The predicted octanol–water partition coefficient (Wildman–Crippen LogP) is 3.43. The number of hydrogen-bond donors (Lipinski definition) is 1. The number of amides is 1. The standard InChI is InChI=1S/C19H18BrN3O4/c1-25-15-4-2-14(3-5-15)22-18(24)13(12-21)10-16-11-17(20)19(27-16)23-6-8-26-9-7-23/h2-5,10-11H,6-9H2,1H3,(H,22,24)/b13-10-. The maximum absolute atomic E-state index is 12.4. The molecule has 27 heavy (non-hydrogen) atoms. The topological polar surface area (TPSA) is 87.7 Å².